The summed E-state index contributed by atoms with van der Waals surface area (Å²) in [6.07, 6.45) is 1.11. The Balaban J connectivity index is 0.00000288. The van der Waals surface area contributed by atoms with E-state index in [1.165, 1.54) is 0 Å². The molecule has 0 atom stereocenters. The molecule has 0 amide bonds. The zero-order valence-electron chi connectivity index (χ0n) is 13.8. The van der Waals surface area contributed by atoms with Crippen molar-refractivity contribution < 1.29 is 9.47 Å². The van der Waals surface area contributed by atoms with Gasteiger partial charge < -0.3 is 14.8 Å². The summed E-state index contributed by atoms with van der Waals surface area (Å²) >= 11 is 11.9. The van der Waals surface area contributed by atoms with Crippen LogP contribution in [0.15, 0.2) is 36.4 Å². The van der Waals surface area contributed by atoms with Crippen LogP contribution in [-0.4, -0.2) is 13.7 Å². The molecule has 0 radical (unpaired) electrons. The number of hydrogen-bond acceptors (Lipinski definition) is 3. The summed E-state index contributed by atoms with van der Waals surface area (Å²) in [5.41, 5.74) is 2.12. The van der Waals surface area contributed by atoms with Gasteiger partial charge in [0.05, 0.1) is 17.2 Å². The summed E-state index contributed by atoms with van der Waals surface area (Å²) in [6.45, 7) is 4.36. The van der Waals surface area contributed by atoms with Crippen molar-refractivity contribution in [1.82, 2.24) is 5.32 Å². The second kappa shape index (κ2) is 10.7. The minimum atomic E-state index is 0. The number of rotatable bonds is 8. The smallest absolute Gasteiger partial charge is 0.161 e. The predicted molar refractivity (Wildman–Crippen MR) is 103 cm³/mol. The Labute approximate surface area is 159 Å². The van der Waals surface area contributed by atoms with Crippen LogP contribution < -0.4 is 14.8 Å². The number of nitrogens with one attached hydrogen (secondary N) is 1. The molecule has 2 aromatic carbocycles. The zero-order valence-corrected chi connectivity index (χ0v) is 16.1. The lowest BCUT2D eigenvalue weighted by molar-refractivity contribution is 0.284. The molecule has 132 valence electrons. The van der Waals surface area contributed by atoms with Crippen LogP contribution in [0.1, 0.15) is 24.5 Å². The number of hydrogen-bond donors (Lipinski definition) is 1. The van der Waals surface area contributed by atoms with Gasteiger partial charge in [-0.3, -0.25) is 0 Å². The van der Waals surface area contributed by atoms with Crippen LogP contribution >= 0.6 is 35.6 Å². The number of halogens is 3. The Hall–Kier alpha value is -1.13. The van der Waals surface area contributed by atoms with Gasteiger partial charge in [0.15, 0.2) is 11.5 Å². The molecule has 0 saturated heterocycles. The fourth-order valence-corrected chi connectivity index (χ4v) is 2.46. The molecule has 24 heavy (non-hydrogen) atoms. The Morgan fingerprint density at radius 3 is 2.38 bits per heavy atom. The third kappa shape index (κ3) is 6.06. The lowest BCUT2D eigenvalue weighted by atomic mass is 10.2. The first-order valence-corrected chi connectivity index (χ1v) is 8.34. The second-order valence-electron chi connectivity index (χ2n) is 5.20. The molecule has 0 unspecified atom stereocenters. The fourth-order valence-electron chi connectivity index (χ4n) is 2.14. The zero-order chi connectivity index (χ0) is 16.7. The minimum Gasteiger partial charge on any atom is -0.493 e. The topological polar surface area (TPSA) is 30.5 Å². The summed E-state index contributed by atoms with van der Waals surface area (Å²) in [7, 11) is 1.64. The van der Waals surface area contributed by atoms with E-state index in [2.05, 4.69) is 12.2 Å². The molecule has 0 spiro atoms. The van der Waals surface area contributed by atoms with Crippen molar-refractivity contribution in [3.8, 4) is 11.5 Å². The van der Waals surface area contributed by atoms with Gasteiger partial charge in [-0.05, 0) is 48.4 Å². The molecule has 0 aromatic heterocycles. The number of benzene rings is 2. The van der Waals surface area contributed by atoms with Gasteiger partial charge in [0.1, 0.15) is 6.61 Å². The van der Waals surface area contributed by atoms with Crippen LogP contribution in [0.3, 0.4) is 0 Å². The molecule has 0 bridgehead atoms. The summed E-state index contributed by atoms with van der Waals surface area (Å²) in [6, 6.07) is 11.4. The molecule has 6 heteroatoms. The van der Waals surface area contributed by atoms with Gasteiger partial charge in [0.25, 0.3) is 0 Å². The molecule has 0 aliphatic carbocycles. The quantitative estimate of drug-likeness (QED) is 0.603. The van der Waals surface area contributed by atoms with E-state index in [4.69, 9.17) is 32.7 Å². The van der Waals surface area contributed by atoms with E-state index in [0.717, 1.165) is 36.4 Å². The fraction of sp³-hybridized carbons (Fsp3) is 0.333. The van der Waals surface area contributed by atoms with E-state index in [0.29, 0.717) is 22.4 Å². The predicted octanol–water partition coefficient (Wildman–Crippen LogP) is 5.50. The minimum absolute atomic E-state index is 0. The Morgan fingerprint density at radius 1 is 0.958 bits per heavy atom. The van der Waals surface area contributed by atoms with E-state index in [-0.39, 0.29) is 12.4 Å². The van der Waals surface area contributed by atoms with Gasteiger partial charge in [-0.25, -0.2) is 0 Å². The van der Waals surface area contributed by atoms with Gasteiger partial charge in [-0.15, -0.1) is 12.4 Å². The van der Waals surface area contributed by atoms with Crippen LogP contribution in [0.4, 0.5) is 0 Å². The molecular weight excluding hydrogens is 369 g/mol. The standard InChI is InChI=1S/C18H21Cl2NO2.ClH/c1-3-8-21-11-13-5-7-17(18(10-13)22-2)23-12-14-4-6-15(19)16(20)9-14;/h4-7,9-10,21H,3,8,11-12H2,1-2H3;1H. The van der Waals surface area contributed by atoms with Crippen LogP contribution in [0.2, 0.25) is 10.0 Å². The van der Waals surface area contributed by atoms with Crippen LogP contribution in [0.25, 0.3) is 0 Å². The normalized spacial score (nSPS) is 10.2. The van der Waals surface area contributed by atoms with Gasteiger partial charge in [-0.2, -0.15) is 0 Å². The van der Waals surface area contributed by atoms with E-state index in [9.17, 15) is 0 Å². The van der Waals surface area contributed by atoms with E-state index < -0.39 is 0 Å². The lowest BCUT2D eigenvalue weighted by Crippen LogP contribution is -2.13. The molecule has 2 aromatic rings. The number of methoxy groups -OCH3 is 1. The molecule has 0 fully saturated rings. The van der Waals surface area contributed by atoms with E-state index in [1.54, 1.807) is 19.2 Å². The Morgan fingerprint density at radius 2 is 1.71 bits per heavy atom. The molecule has 0 aliphatic heterocycles. The highest BCUT2D eigenvalue weighted by atomic mass is 35.5. The number of ether oxygens (including phenoxy) is 2. The molecule has 0 heterocycles. The third-order valence-electron chi connectivity index (χ3n) is 3.36. The van der Waals surface area contributed by atoms with Crippen LogP contribution in [0, 0.1) is 0 Å². The first-order chi connectivity index (χ1) is 11.1. The first-order valence-electron chi connectivity index (χ1n) is 7.58. The highest BCUT2D eigenvalue weighted by molar-refractivity contribution is 6.42. The van der Waals surface area contributed by atoms with Crippen molar-refractivity contribution in [2.24, 2.45) is 0 Å². The molecule has 3 nitrogen and oxygen atoms in total. The maximum atomic E-state index is 6.02. The van der Waals surface area contributed by atoms with Gasteiger partial charge in [0.2, 0.25) is 0 Å². The van der Waals surface area contributed by atoms with Gasteiger partial charge in [0, 0.05) is 6.54 Å². The first kappa shape index (κ1) is 20.9. The van der Waals surface area contributed by atoms with Crippen molar-refractivity contribution in [2.45, 2.75) is 26.5 Å². The molecule has 2 rings (SSSR count). The monoisotopic (exact) mass is 389 g/mol. The third-order valence-corrected chi connectivity index (χ3v) is 4.10. The van der Waals surface area contributed by atoms with Crippen molar-refractivity contribution >= 4 is 35.6 Å². The lowest BCUT2D eigenvalue weighted by Gasteiger charge is -2.13. The summed E-state index contributed by atoms with van der Waals surface area (Å²) in [4.78, 5) is 0. The van der Waals surface area contributed by atoms with Crippen molar-refractivity contribution in [3.63, 3.8) is 0 Å². The largest absolute Gasteiger partial charge is 0.493 e. The average molecular weight is 391 g/mol. The van der Waals surface area contributed by atoms with E-state index in [1.807, 2.05) is 24.3 Å². The molecular formula is C18H22Cl3NO2. The van der Waals surface area contributed by atoms with Crippen molar-refractivity contribution in [1.29, 1.82) is 0 Å². The average Bonchev–Trinajstić information content (AvgIpc) is 2.56. The molecule has 1 N–H and O–H groups in total. The van der Waals surface area contributed by atoms with Gasteiger partial charge >= 0.3 is 0 Å². The van der Waals surface area contributed by atoms with Crippen molar-refractivity contribution in [2.75, 3.05) is 13.7 Å². The van der Waals surface area contributed by atoms with E-state index >= 15 is 0 Å². The molecule has 0 saturated carbocycles. The van der Waals surface area contributed by atoms with Crippen molar-refractivity contribution in [3.05, 3.63) is 57.6 Å². The maximum Gasteiger partial charge on any atom is 0.161 e. The summed E-state index contributed by atoms with van der Waals surface area (Å²) in [5, 5.41) is 4.43. The van der Waals surface area contributed by atoms with Crippen LogP contribution in [-0.2, 0) is 13.2 Å². The molecule has 0 aliphatic rings. The highest BCUT2D eigenvalue weighted by Crippen LogP contribution is 2.29. The summed E-state index contributed by atoms with van der Waals surface area (Å²) in [5.74, 6) is 1.43. The van der Waals surface area contributed by atoms with Crippen LogP contribution in [0.5, 0.6) is 11.5 Å². The Bertz CT molecular complexity index is 650. The SMILES string of the molecule is CCCNCc1ccc(OCc2ccc(Cl)c(Cl)c2)c(OC)c1.Cl. The highest BCUT2D eigenvalue weighted by Gasteiger charge is 2.07. The Kier molecular flexibility index (Phi) is 9.30. The maximum absolute atomic E-state index is 6.02. The second-order valence-corrected chi connectivity index (χ2v) is 6.01. The van der Waals surface area contributed by atoms with Gasteiger partial charge in [-0.1, -0.05) is 42.3 Å². The summed E-state index contributed by atoms with van der Waals surface area (Å²) < 4.78 is 11.3.